The van der Waals surface area contributed by atoms with Gasteiger partial charge in [0.25, 0.3) is 0 Å². The van der Waals surface area contributed by atoms with E-state index in [0.717, 1.165) is 12.1 Å². The summed E-state index contributed by atoms with van der Waals surface area (Å²) in [4.78, 5) is 0. The average molecular weight is 668 g/mol. The van der Waals surface area contributed by atoms with Gasteiger partial charge in [-0.15, -0.1) is 26.3 Å². The molecule has 0 heterocycles. The fourth-order valence-corrected chi connectivity index (χ4v) is 3.77. The van der Waals surface area contributed by atoms with Crippen LogP contribution in [0, 0.1) is 91.9 Å². The van der Waals surface area contributed by atoms with Gasteiger partial charge in [-0.05, 0) is 12.1 Å². The fourth-order valence-electron chi connectivity index (χ4n) is 3.77. The van der Waals surface area contributed by atoms with E-state index in [1.54, 1.807) is 0 Å². The van der Waals surface area contributed by atoms with Crippen molar-refractivity contribution >= 4 is 11.1 Å². The first kappa shape index (κ1) is 34.5. The van der Waals surface area contributed by atoms with Gasteiger partial charge in [0.05, 0.1) is 22.3 Å². The summed E-state index contributed by atoms with van der Waals surface area (Å²) >= 11 is 0. The van der Waals surface area contributed by atoms with Gasteiger partial charge in [0.2, 0.25) is 0 Å². The number of nitriles is 4. The van der Waals surface area contributed by atoms with Crippen LogP contribution in [0.25, 0.3) is 11.1 Å². The lowest BCUT2D eigenvalue weighted by molar-refractivity contribution is -0.277. The molecule has 3 aromatic rings. The number of alkyl halides is 6. The van der Waals surface area contributed by atoms with E-state index in [1.165, 1.54) is 0 Å². The number of benzene rings is 3. The van der Waals surface area contributed by atoms with E-state index >= 15 is 0 Å². The molecular weight excluding hydrogens is 666 g/mol. The van der Waals surface area contributed by atoms with Crippen LogP contribution in [0.2, 0.25) is 0 Å². The Hall–Kier alpha value is -6.02. The van der Waals surface area contributed by atoms with Gasteiger partial charge in [0.1, 0.15) is 46.9 Å². The van der Waals surface area contributed by atoms with Crippen LogP contribution in [0.3, 0.4) is 0 Å². The molecule has 0 unspecified atom stereocenters. The van der Waals surface area contributed by atoms with E-state index in [4.69, 9.17) is 10.5 Å². The van der Waals surface area contributed by atoms with Crippen molar-refractivity contribution < 1.29 is 70.9 Å². The molecule has 0 bridgehead atoms. The summed E-state index contributed by atoms with van der Waals surface area (Å²) in [5, 5.41) is 32.8. The van der Waals surface area contributed by atoms with Crippen LogP contribution < -0.4 is 19.9 Å². The third-order valence-electron chi connectivity index (χ3n) is 5.55. The highest BCUT2D eigenvalue weighted by atomic mass is 19.4. The molecule has 3 aromatic carbocycles. The lowest BCUT2D eigenvalue weighted by Gasteiger charge is -2.16. The van der Waals surface area contributed by atoms with Crippen molar-refractivity contribution in [3.63, 3.8) is 0 Å². The van der Waals surface area contributed by atoms with Crippen molar-refractivity contribution in [1.82, 2.24) is 0 Å². The number of rotatable bonds is 4. The highest BCUT2D eigenvalue weighted by Gasteiger charge is 2.37. The fraction of sp³-hybridized carbons (Fsp3) is 0.0769. The number of ether oxygens (including phenoxy) is 2. The van der Waals surface area contributed by atoms with Crippen molar-refractivity contribution in [2.75, 3.05) is 0 Å². The minimum atomic E-state index is -5.97. The van der Waals surface area contributed by atoms with Gasteiger partial charge in [-0.2, -0.15) is 21.0 Å². The van der Waals surface area contributed by atoms with Crippen LogP contribution in [-0.4, -0.2) is 12.7 Å². The zero-order valence-electron chi connectivity index (χ0n) is 21.1. The second-order valence-corrected chi connectivity index (χ2v) is 8.15. The zero-order chi connectivity index (χ0) is 35.0. The molecule has 236 valence electrons. The Bertz CT molecular complexity index is 1900. The number of nitrogens with zero attached hydrogens (tertiary/aromatic N) is 4. The first-order valence-electron chi connectivity index (χ1n) is 11.0. The Balaban J connectivity index is 2.79. The van der Waals surface area contributed by atoms with Crippen LogP contribution in [0.4, 0.5) is 61.5 Å². The van der Waals surface area contributed by atoms with Gasteiger partial charge in [-0.3, -0.25) is 0 Å². The summed E-state index contributed by atoms with van der Waals surface area (Å²) in [6.07, 6.45) is -11.9. The van der Waals surface area contributed by atoms with Gasteiger partial charge < -0.3 is 9.47 Å². The molecule has 0 saturated heterocycles. The van der Waals surface area contributed by atoms with E-state index in [0.29, 0.717) is 12.1 Å². The molecule has 20 heteroatoms. The van der Waals surface area contributed by atoms with Crippen molar-refractivity contribution in [3.05, 3.63) is 91.4 Å². The Morgan fingerprint density at radius 2 is 0.739 bits per heavy atom. The van der Waals surface area contributed by atoms with Crippen molar-refractivity contribution in [3.8, 4) is 35.8 Å². The lowest BCUT2D eigenvalue weighted by atomic mass is 9.96. The van der Waals surface area contributed by atoms with E-state index in [-0.39, 0.29) is 0 Å². The van der Waals surface area contributed by atoms with E-state index in [9.17, 15) is 72.0 Å². The van der Waals surface area contributed by atoms with Crippen LogP contribution in [0.1, 0.15) is 22.3 Å². The molecule has 3 rings (SSSR count). The standard InChI is InChI=1S/C26H2F14N4O2/c27-17-11(5-43)18(28)22(32)15(21(17)31)9(3-41)7-1-13(45-25(35,36)37)8(2-14(7)46-26(38,39)40)10(4-42)16-23(33)19(29)12(6-44)20(30)24(16)34/h1-2H/b9-7+,10-8+. The predicted octanol–water partition coefficient (Wildman–Crippen LogP) is 5.79. The molecule has 0 aromatic heterocycles. The Labute approximate surface area is 243 Å². The Morgan fingerprint density at radius 3 is 0.935 bits per heavy atom. The number of halogens is 14. The minimum absolute atomic E-state index is 0.418. The van der Waals surface area contributed by atoms with Crippen LogP contribution in [0.15, 0.2) is 12.1 Å². The highest BCUT2D eigenvalue weighted by molar-refractivity contribution is 5.82. The van der Waals surface area contributed by atoms with E-state index < -0.39 is 127 Å². The third kappa shape index (κ3) is 6.14. The summed E-state index contributed by atoms with van der Waals surface area (Å²) in [5.41, 5.74) is -12.2. The summed E-state index contributed by atoms with van der Waals surface area (Å²) < 4.78 is 203. The van der Waals surface area contributed by atoms with Crippen molar-refractivity contribution in [2.24, 2.45) is 0 Å². The third-order valence-corrected chi connectivity index (χ3v) is 5.55. The van der Waals surface area contributed by atoms with Gasteiger partial charge >= 0.3 is 12.7 Å². The lowest BCUT2D eigenvalue weighted by Crippen LogP contribution is -2.29. The molecule has 0 aliphatic heterocycles. The van der Waals surface area contributed by atoms with Crippen LogP contribution >= 0.6 is 0 Å². The van der Waals surface area contributed by atoms with E-state index in [2.05, 4.69) is 9.47 Å². The van der Waals surface area contributed by atoms with Gasteiger partial charge in [-0.1, -0.05) is 0 Å². The summed E-state index contributed by atoms with van der Waals surface area (Å²) in [5.74, 6) is -24.7. The predicted molar refractivity (Wildman–Crippen MR) is 117 cm³/mol. The second-order valence-electron chi connectivity index (χ2n) is 8.15. The largest absolute Gasteiger partial charge is 0.573 e. The summed E-state index contributed by atoms with van der Waals surface area (Å²) in [6, 6.07) is 2.14. The molecule has 0 radical (unpaired) electrons. The smallest absolute Gasteiger partial charge is 0.405 e. The van der Waals surface area contributed by atoms with Gasteiger partial charge in [0.15, 0.2) is 46.5 Å². The molecule has 0 fully saturated rings. The van der Waals surface area contributed by atoms with E-state index in [1.807, 2.05) is 0 Å². The molecule has 46 heavy (non-hydrogen) atoms. The molecule has 6 nitrogen and oxygen atoms in total. The SMILES string of the molecule is N#C/C(c1c(F)c(F)c(C#N)c(F)c1F)=c1/cc(OC(F)(F)F)/c(=C(\C#N)c2c(F)c(F)c(C#N)c(F)c2F)cc1OC(F)(F)F. The number of hydrogen-bond acceptors (Lipinski definition) is 6. The first-order valence-corrected chi connectivity index (χ1v) is 11.0. The topological polar surface area (TPSA) is 114 Å². The zero-order valence-corrected chi connectivity index (χ0v) is 21.1. The van der Waals surface area contributed by atoms with Crippen LogP contribution in [-0.2, 0) is 0 Å². The molecule has 0 N–H and O–H groups in total. The van der Waals surface area contributed by atoms with Crippen LogP contribution in [0.5, 0.6) is 11.5 Å². The molecule has 0 spiro atoms. The monoisotopic (exact) mass is 668 g/mol. The maximum Gasteiger partial charge on any atom is 0.573 e. The molecular formula is C26H2F14N4O2. The van der Waals surface area contributed by atoms with Crippen molar-refractivity contribution in [1.29, 1.82) is 21.0 Å². The van der Waals surface area contributed by atoms with Gasteiger partial charge in [-0.25, -0.2) is 35.1 Å². The number of hydrogen-bond donors (Lipinski definition) is 0. The first-order chi connectivity index (χ1) is 21.2. The molecule has 0 aliphatic rings. The molecule has 0 atom stereocenters. The Kier molecular flexibility index (Phi) is 9.12. The summed E-state index contributed by atoms with van der Waals surface area (Å²) in [6.45, 7) is 0. The molecule has 0 aliphatic carbocycles. The molecule has 0 saturated carbocycles. The molecule has 0 amide bonds. The maximum absolute atomic E-state index is 14.8. The Morgan fingerprint density at radius 1 is 0.478 bits per heavy atom. The summed E-state index contributed by atoms with van der Waals surface area (Å²) in [7, 11) is 0. The van der Waals surface area contributed by atoms with Gasteiger partial charge in [0, 0.05) is 10.4 Å². The average Bonchev–Trinajstić information content (AvgIpc) is 2.95. The second kappa shape index (κ2) is 12.2. The minimum Gasteiger partial charge on any atom is -0.405 e. The van der Waals surface area contributed by atoms with Crippen molar-refractivity contribution in [2.45, 2.75) is 12.7 Å². The quantitative estimate of drug-likeness (QED) is 0.257. The maximum atomic E-state index is 14.8. The highest BCUT2D eigenvalue weighted by Crippen LogP contribution is 2.32. The normalized spacial score (nSPS) is 12.7.